The van der Waals surface area contributed by atoms with Crippen LogP contribution in [0.15, 0.2) is 35.5 Å². The molecule has 2 aliphatic heterocycles. The van der Waals surface area contributed by atoms with Gasteiger partial charge in [0, 0.05) is 46.8 Å². The maximum Gasteiger partial charge on any atom is 0.313 e. The van der Waals surface area contributed by atoms with E-state index in [2.05, 4.69) is 5.32 Å². The van der Waals surface area contributed by atoms with Crippen molar-refractivity contribution >= 4 is 40.1 Å². The van der Waals surface area contributed by atoms with E-state index in [1.54, 1.807) is 6.92 Å². The number of anilines is 1. The average Bonchev–Trinajstić information content (AvgIpc) is 3.13. The standard InChI is InChI=1S/C40H53NO14/c1-16-13-12-14-17(2)38(50)41-28-19(4)36(55-23(8)42)24-25(34(28)48)32(46)21(6)35(53-10)26(24)30(44)18(3)15-40(9,52)37(49)22(7)33(47)27(39(51)54-11)31(45)20(5)29(16)43/h12-16,20,22,27,29,31,33,37,43,45-49,52H,1-11H3,(H,41,50)/b13-12-,17-14+,18-15+/t16-,20-,22+,27-,29-,31-,33-,37-,40-/m1/s1. The Morgan fingerprint density at radius 1 is 0.818 bits per heavy atom. The lowest BCUT2D eigenvalue weighted by Gasteiger charge is -2.38. The third-order valence-electron chi connectivity index (χ3n) is 10.4. The van der Waals surface area contributed by atoms with Crippen LogP contribution in [-0.4, -0.2) is 104 Å². The van der Waals surface area contributed by atoms with Crippen molar-refractivity contribution in [3.63, 3.8) is 0 Å². The highest BCUT2D eigenvalue weighted by Crippen LogP contribution is 2.53. The maximum absolute atomic E-state index is 14.5. The zero-order chi connectivity index (χ0) is 42.0. The first-order chi connectivity index (χ1) is 25.5. The Balaban J connectivity index is 2.49. The molecule has 302 valence electrons. The van der Waals surface area contributed by atoms with E-state index < -0.39 is 88.8 Å². The van der Waals surface area contributed by atoms with Crippen LogP contribution in [0.4, 0.5) is 5.69 Å². The number of carbonyl (C=O) groups is 4. The van der Waals surface area contributed by atoms with Gasteiger partial charge < -0.3 is 55.3 Å². The Morgan fingerprint density at radius 3 is 1.95 bits per heavy atom. The Bertz CT molecular complexity index is 1940. The maximum atomic E-state index is 14.5. The number of aliphatic hydroxyl groups is 5. The Hall–Kier alpha value is -4.80. The van der Waals surface area contributed by atoms with Crippen LogP contribution in [0, 0.1) is 37.5 Å². The molecule has 8 N–H and O–H groups in total. The van der Waals surface area contributed by atoms with Crippen LogP contribution < -0.4 is 14.8 Å². The molecule has 2 heterocycles. The summed E-state index contributed by atoms with van der Waals surface area (Å²) in [5.74, 6) is -10.1. The van der Waals surface area contributed by atoms with Crippen LogP contribution in [0.25, 0.3) is 10.8 Å². The predicted octanol–water partition coefficient (Wildman–Crippen LogP) is 3.28. The van der Waals surface area contributed by atoms with Crippen LogP contribution in [-0.2, 0) is 19.1 Å². The third kappa shape index (κ3) is 8.71. The first-order valence-corrected chi connectivity index (χ1v) is 17.7. The van der Waals surface area contributed by atoms with Gasteiger partial charge in [0.25, 0.3) is 5.91 Å². The monoisotopic (exact) mass is 771 g/mol. The number of nitrogens with one attached hydrogen (secondary N) is 1. The summed E-state index contributed by atoms with van der Waals surface area (Å²) in [5.41, 5.74) is -3.02. The van der Waals surface area contributed by atoms with E-state index in [0.717, 1.165) is 27.0 Å². The number of esters is 2. The number of carbonyl (C=O) groups excluding carboxylic acids is 4. The van der Waals surface area contributed by atoms with E-state index >= 15 is 0 Å². The lowest BCUT2D eigenvalue weighted by molar-refractivity contribution is -0.168. The zero-order valence-electron chi connectivity index (χ0n) is 32.9. The van der Waals surface area contributed by atoms with Crippen molar-refractivity contribution in [2.45, 2.75) is 92.3 Å². The summed E-state index contributed by atoms with van der Waals surface area (Å²) in [4.78, 5) is 53.5. The summed E-state index contributed by atoms with van der Waals surface area (Å²) in [6.45, 7) is 12.2. The van der Waals surface area contributed by atoms with Crippen LogP contribution in [0.1, 0.15) is 70.0 Å². The van der Waals surface area contributed by atoms with Crippen molar-refractivity contribution in [3.8, 4) is 23.0 Å². The van der Waals surface area contributed by atoms with Crippen molar-refractivity contribution in [2.24, 2.45) is 23.7 Å². The molecule has 2 aromatic rings. The Morgan fingerprint density at radius 2 is 1.40 bits per heavy atom. The second-order valence-corrected chi connectivity index (χ2v) is 14.5. The number of hydrogen-bond acceptors (Lipinski definition) is 14. The number of phenols is 2. The minimum Gasteiger partial charge on any atom is -0.507 e. The molecule has 15 nitrogen and oxygen atoms in total. The molecular formula is C40H53NO14. The van der Waals surface area contributed by atoms with Gasteiger partial charge >= 0.3 is 11.9 Å². The van der Waals surface area contributed by atoms with E-state index in [1.807, 2.05) is 0 Å². The van der Waals surface area contributed by atoms with E-state index in [-0.39, 0.29) is 55.8 Å². The SMILES string of the molecule is COC(=O)[C@@H]1[C@H](O)[C@H](C)[C@H](O)[C@H](C)/C=C\C=C(/C)C(=O)Nc2c(C)c(OC(C)=O)c3c(c(OC)c(C)c(O)c3c2O)C(=O)/C(C)=C/[C@@](C)(O)[C@H](O)[C@@H](C)[C@H]1O. The molecule has 0 aliphatic carbocycles. The summed E-state index contributed by atoms with van der Waals surface area (Å²) >= 11 is 0. The van der Waals surface area contributed by atoms with E-state index in [0.29, 0.717) is 0 Å². The number of methoxy groups -OCH3 is 2. The molecule has 55 heavy (non-hydrogen) atoms. The summed E-state index contributed by atoms with van der Waals surface area (Å²) in [5, 5.41) is 82.1. The molecule has 15 heteroatoms. The number of amides is 1. The van der Waals surface area contributed by atoms with Crippen molar-refractivity contribution in [2.75, 3.05) is 19.5 Å². The van der Waals surface area contributed by atoms with Crippen LogP contribution in [0.5, 0.6) is 23.0 Å². The molecule has 1 amide bonds. The Labute approximate surface area is 319 Å². The minimum atomic E-state index is -2.31. The highest BCUT2D eigenvalue weighted by atomic mass is 16.5. The number of ketones is 1. The van der Waals surface area contributed by atoms with Crippen LogP contribution in [0.2, 0.25) is 0 Å². The first kappa shape index (κ1) is 44.6. The van der Waals surface area contributed by atoms with E-state index in [4.69, 9.17) is 14.2 Å². The second-order valence-electron chi connectivity index (χ2n) is 14.5. The van der Waals surface area contributed by atoms with Crippen LogP contribution >= 0.6 is 0 Å². The van der Waals surface area contributed by atoms with Crippen molar-refractivity contribution in [3.05, 3.63) is 52.1 Å². The molecule has 0 spiro atoms. The summed E-state index contributed by atoms with van der Waals surface area (Å²) in [7, 11) is 2.25. The van der Waals surface area contributed by atoms with Gasteiger partial charge in [-0.3, -0.25) is 19.2 Å². The molecular weight excluding hydrogens is 718 g/mol. The smallest absolute Gasteiger partial charge is 0.313 e. The number of aromatic hydroxyl groups is 2. The van der Waals surface area contributed by atoms with Crippen LogP contribution in [0.3, 0.4) is 0 Å². The average molecular weight is 772 g/mol. The van der Waals surface area contributed by atoms with Gasteiger partial charge in [0.1, 0.15) is 28.8 Å². The van der Waals surface area contributed by atoms with Gasteiger partial charge in [-0.25, -0.2) is 0 Å². The minimum absolute atomic E-state index is 0.00838. The number of aliphatic hydroxyl groups excluding tert-OH is 4. The lowest BCUT2D eigenvalue weighted by Crippen LogP contribution is -2.53. The van der Waals surface area contributed by atoms with Gasteiger partial charge in [0.2, 0.25) is 0 Å². The molecule has 0 saturated heterocycles. The van der Waals surface area contributed by atoms with Crippen molar-refractivity contribution in [1.29, 1.82) is 0 Å². The number of allylic oxidation sites excluding steroid dienone is 3. The number of benzene rings is 2. The fourth-order valence-corrected chi connectivity index (χ4v) is 7.03. The van der Waals surface area contributed by atoms with Gasteiger partial charge in [-0.05, 0) is 46.3 Å². The highest BCUT2D eigenvalue weighted by Gasteiger charge is 2.46. The normalized spacial score (nSPS) is 31.2. The summed E-state index contributed by atoms with van der Waals surface area (Å²) in [6, 6.07) is 0. The lowest BCUT2D eigenvalue weighted by atomic mass is 9.75. The largest absolute Gasteiger partial charge is 0.507 e. The number of hydrogen-bond donors (Lipinski definition) is 8. The summed E-state index contributed by atoms with van der Waals surface area (Å²) < 4.78 is 16.0. The number of Topliss-reactive ketones (excluding diaryl/α,β-unsaturated/α-hetero) is 1. The first-order valence-electron chi connectivity index (χ1n) is 17.7. The quantitative estimate of drug-likeness (QED) is 0.127. The fourth-order valence-electron chi connectivity index (χ4n) is 7.03. The predicted molar refractivity (Wildman–Crippen MR) is 202 cm³/mol. The second kappa shape index (κ2) is 17.3. The molecule has 0 saturated carbocycles. The molecule has 2 aromatic carbocycles. The highest BCUT2D eigenvalue weighted by molar-refractivity contribution is 6.23. The van der Waals surface area contributed by atoms with Crippen molar-refractivity contribution < 1.29 is 69.1 Å². The molecule has 4 rings (SSSR count). The van der Waals surface area contributed by atoms with Gasteiger partial charge in [-0.2, -0.15) is 0 Å². The van der Waals surface area contributed by atoms with Gasteiger partial charge in [0.15, 0.2) is 11.5 Å². The number of phenolic OH excluding ortho intramolecular Hbond substituents is 2. The molecule has 9 atom stereocenters. The molecule has 0 unspecified atom stereocenters. The molecule has 0 fully saturated rings. The topological polar surface area (TPSA) is 250 Å². The van der Waals surface area contributed by atoms with Gasteiger partial charge in [0.05, 0.1) is 55.3 Å². The number of fused-ring (bicyclic) bond motifs is 15. The molecule has 0 radical (unpaired) electrons. The van der Waals surface area contributed by atoms with Gasteiger partial charge in [-0.15, -0.1) is 0 Å². The molecule has 4 bridgehead atoms. The summed E-state index contributed by atoms with van der Waals surface area (Å²) in [6.07, 6.45) is -1.35. The van der Waals surface area contributed by atoms with E-state index in [1.165, 1.54) is 66.9 Å². The van der Waals surface area contributed by atoms with Gasteiger partial charge in [-0.1, -0.05) is 39.0 Å². The van der Waals surface area contributed by atoms with Crippen molar-refractivity contribution in [1.82, 2.24) is 0 Å². The molecule has 2 aliphatic rings. The fraction of sp³-hybridized carbons (Fsp3) is 0.500. The number of ether oxygens (including phenoxy) is 3. The zero-order valence-corrected chi connectivity index (χ0v) is 32.9. The molecule has 0 aromatic heterocycles. The Kier molecular flexibility index (Phi) is 14.1. The number of rotatable bonds is 3. The van der Waals surface area contributed by atoms with E-state index in [9.17, 15) is 54.9 Å². The third-order valence-corrected chi connectivity index (χ3v) is 10.4.